The molecule has 4 heteroatoms. The van der Waals surface area contributed by atoms with Crippen LogP contribution in [0.25, 0.3) is 0 Å². The monoisotopic (exact) mass is 264 g/mol. The summed E-state index contributed by atoms with van der Waals surface area (Å²) in [5, 5.41) is 0. The van der Waals surface area contributed by atoms with E-state index in [9.17, 15) is 4.79 Å². The summed E-state index contributed by atoms with van der Waals surface area (Å²) in [4.78, 5) is 12.0. The lowest BCUT2D eigenvalue weighted by Gasteiger charge is -2.22. The van der Waals surface area contributed by atoms with Crippen molar-refractivity contribution in [2.45, 2.75) is 32.0 Å². The number of ether oxygens (including phenoxy) is 3. The van der Waals surface area contributed by atoms with Crippen molar-refractivity contribution in [2.75, 3.05) is 20.3 Å². The molecule has 1 aliphatic heterocycles. The summed E-state index contributed by atoms with van der Waals surface area (Å²) in [6, 6.07) is 7.35. The smallest absolute Gasteiger partial charge is 0.338 e. The first-order valence-electron chi connectivity index (χ1n) is 6.67. The average molecular weight is 264 g/mol. The maximum Gasteiger partial charge on any atom is 0.338 e. The van der Waals surface area contributed by atoms with Crippen molar-refractivity contribution in [1.82, 2.24) is 0 Å². The van der Waals surface area contributed by atoms with E-state index in [0.717, 1.165) is 31.4 Å². The van der Waals surface area contributed by atoms with Gasteiger partial charge in [-0.05, 0) is 30.9 Å². The van der Waals surface area contributed by atoms with E-state index >= 15 is 0 Å². The van der Waals surface area contributed by atoms with Crippen LogP contribution in [-0.2, 0) is 20.8 Å². The standard InChI is InChI=1S/C15H20O4/c1-17-10-12-6-2-3-8-14(12)15(16)19-11-13-7-4-5-9-18-13/h2-3,6,8,13H,4-5,7,9-11H2,1H3. The number of hydrogen-bond acceptors (Lipinski definition) is 4. The summed E-state index contributed by atoms with van der Waals surface area (Å²) in [6.07, 6.45) is 3.25. The average Bonchev–Trinajstić information content (AvgIpc) is 2.47. The number of carbonyl (C=O) groups excluding carboxylic acids is 1. The Labute approximate surface area is 113 Å². The zero-order chi connectivity index (χ0) is 13.5. The van der Waals surface area contributed by atoms with Gasteiger partial charge in [-0.3, -0.25) is 0 Å². The predicted molar refractivity (Wildman–Crippen MR) is 71.0 cm³/mol. The van der Waals surface area contributed by atoms with E-state index in [1.54, 1.807) is 13.2 Å². The van der Waals surface area contributed by atoms with Gasteiger partial charge in [-0.2, -0.15) is 0 Å². The van der Waals surface area contributed by atoms with Crippen LogP contribution in [0, 0.1) is 0 Å². The van der Waals surface area contributed by atoms with Crippen LogP contribution < -0.4 is 0 Å². The van der Waals surface area contributed by atoms with Crippen molar-refractivity contribution in [2.24, 2.45) is 0 Å². The first-order valence-corrected chi connectivity index (χ1v) is 6.67. The molecule has 0 amide bonds. The maximum atomic E-state index is 12.0. The summed E-state index contributed by atoms with van der Waals surface area (Å²) in [6.45, 7) is 1.51. The van der Waals surface area contributed by atoms with Gasteiger partial charge in [0.1, 0.15) is 6.61 Å². The zero-order valence-electron chi connectivity index (χ0n) is 11.3. The first-order chi connectivity index (χ1) is 9.31. The van der Waals surface area contributed by atoms with Crippen LogP contribution in [0.5, 0.6) is 0 Å². The highest BCUT2D eigenvalue weighted by molar-refractivity contribution is 5.91. The Balaban J connectivity index is 1.91. The second kappa shape index (κ2) is 7.26. The predicted octanol–water partition coefficient (Wildman–Crippen LogP) is 2.56. The van der Waals surface area contributed by atoms with Crippen molar-refractivity contribution in [3.05, 3.63) is 35.4 Å². The zero-order valence-corrected chi connectivity index (χ0v) is 11.3. The van der Waals surface area contributed by atoms with Crippen molar-refractivity contribution in [1.29, 1.82) is 0 Å². The molecule has 1 fully saturated rings. The largest absolute Gasteiger partial charge is 0.459 e. The van der Waals surface area contributed by atoms with Crippen LogP contribution in [0.4, 0.5) is 0 Å². The molecule has 1 saturated heterocycles. The Morgan fingerprint density at radius 2 is 2.21 bits per heavy atom. The van der Waals surface area contributed by atoms with E-state index < -0.39 is 0 Å². The van der Waals surface area contributed by atoms with Gasteiger partial charge in [0, 0.05) is 13.7 Å². The number of rotatable bonds is 5. The molecule has 1 unspecified atom stereocenters. The van der Waals surface area contributed by atoms with Gasteiger partial charge >= 0.3 is 5.97 Å². The Morgan fingerprint density at radius 1 is 1.37 bits per heavy atom. The lowest BCUT2D eigenvalue weighted by Crippen LogP contribution is -2.26. The molecule has 0 bridgehead atoms. The minimum absolute atomic E-state index is 0.0484. The SMILES string of the molecule is COCc1ccccc1C(=O)OCC1CCCCO1. The summed E-state index contributed by atoms with van der Waals surface area (Å²) < 4.78 is 16.0. The van der Waals surface area contributed by atoms with E-state index in [1.165, 1.54) is 0 Å². The summed E-state index contributed by atoms with van der Waals surface area (Å²) in [5.41, 5.74) is 1.42. The van der Waals surface area contributed by atoms with Gasteiger partial charge in [0.2, 0.25) is 0 Å². The molecule has 1 aliphatic rings. The van der Waals surface area contributed by atoms with Gasteiger partial charge in [0.15, 0.2) is 0 Å². The topological polar surface area (TPSA) is 44.8 Å². The minimum atomic E-state index is -0.304. The van der Waals surface area contributed by atoms with Gasteiger partial charge in [0.05, 0.1) is 18.3 Å². The van der Waals surface area contributed by atoms with Gasteiger partial charge < -0.3 is 14.2 Å². The van der Waals surface area contributed by atoms with E-state index in [-0.39, 0.29) is 12.1 Å². The van der Waals surface area contributed by atoms with E-state index in [4.69, 9.17) is 14.2 Å². The van der Waals surface area contributed by atoms with Crippen molar-refractivity contribution < 1.29 is 19.0 Å². The number of benzene rings is 1. The Morgan fingerprint density at radius 3 is 2.95 bits per heavy atom. The maximum absolute atomic E-state index is 12.0. The van der Waals surface area contributed by atoms with Gasteiger partial charge in [-0.15, -0.1) is 0 Å². The molecule has 0 aromatic heterocycles. The molecule has 1 aromatic rings. The van der Waals surface area contributed by atoms with E-state index in [2.05, 4.69) is 0 Å². The molecule has 0 aliphatic carbocycles. The summed E-state index contributed by atoms with van der Waals surface area (Å²) in [5.74, 6) is -0.304. The number of carbonyl (C=O) groups is 1. The van der Waals surface area contributed by atoms with Crippen LogP contribution in [0.1, 0.15) is 35.2 Å². The third kappa shape index (κ3) is 4.04. The lowest BCUT2D eigenvalue weighted by molar-refractivity contribution is -0.0301. The number of esters is 1. The molecule has 1 aromatic carbocycles. The number of hydrogen-bond donors (Lipinski definition) is 0. The van der Waals surface area contributed by atoms with E-state index in [0.29, 0.717) is 18.8 Å². The van der Waals surface area contributed by atoms with E-state index in [1.807, 2.05) is 18.2 Å². The third-order valence-electron chi connectivity index (χ3n) is 3.21. The summed E-state index contributed by atoms with van der Waals surface area (Å²) in [7, 11) is 1.61. The highest BCUT2D eigenvalue weighted by Crippen LogP contribution is 2.15. The fourth-order valence-corrected chi connectivity index (χ4v) is 2.19. The van der Waals surface area contributed by atoms with Crippen LogP contribution in [0.15, 0.2) is 24.3 Å². The summed E-state index contributed by atoms with van der Waals surface area (Å²) >= 11 is 0. The normalized spacial score (nSPS) is 19.1. The number of methoxy groups -OCH3 is 1. The van der Waals surface area contributed by atoms with Crippen molar-refractivity contribution >= 4 is 5.97 Å². The Hall–Kier alpha value is -1.39. The van der Waals surface area contributed by atoms with Crippen LogP contribution in [-0.4, -0.2) is 32.4 Å². The lowest BCUT2D eigenvalue weighted by atomic mass is 10.1. The van der Waals surface area contributed by atoms with Crippen molar-refractivity contribution in [3.8, 4) is 0 Å². The molecule has 4 nitrogen and oxygen atoms in total. The molecule has 0 radical (unpaired) electrons. The van der Waals surface area contributed by atoms with Gasteiger partial charge in [-0.25, -0.2) is 4.79 Å². The molecule has 104 valence electrons. The Kier molecular flexibility index (Phi) is 5.36. The third-order valence-corrected chi connectivity index (χ3v) is 3.21. The highest BCUT2D eigenvalue weighted by atomic mass is 16.6. The fourth-order valence-electron chi connectivity index (χ4n) is 2.19. The quantitative estimate of drug-likeness (QED) is 0.767. The molecular formula is C15H20O4. The molecular weight excluding hydrogens is 244 g/mol. The molecule has 0 N–H and O–H groups in total. The van der Waals surface area contributed by atoms with Gasteiger partial charge in [0.25, 0.3) is 0 Å². The van der Waals surface area contributed by atoms with Crippen molar-refractivity contribution in [3.63, 3.8) is 0 Å². The van der Waals surface area contributed by atoms with Gasteiger partial charge in [-0.1, -0.05) is 18.2 Å². The highest BCUT2D eigenvalue weighted by Gasteiger charge is 2.18. The molecule has 1 heterocycles. The molecule has 1 atom stereocenters. The molecule has 0 spiro atoms. The second-order valence-corrected chi connectivity index (χ2v) is 4.68. The van der Waals surface area contributed by atoms with Crippen LogP contribution in [0.3, 0.4) is 0 Å². The first kappa shape index (κ1) is 14.0. The second-order valence-electron chi connectivity index (χ2n) is 4.68. The van der Waals surface area contributed by atoms with Crippen LogP contribution in [0.2, 0.25) is 0 Å². The fraction of sp³-hybridized carbons (Fsp3) is 0.533. The van der Waals surface area contributed by atoms with Crippen LogP contribution >= 0.6 is 0 Å². The molecule has 19 heavy (non-hydrogen) atoms. The minimum Gasteiger partial charge on any atom is -0.459 e. The molecule has 0 saturated carbocycles. The molecule has 2 rings (SSSR count). The Bertz CT molecular complexity index is 410.